The van der Waals surface area contributed by atoms with Crippen LogP contribution in [0.25, 0.3) is 0 Å². The van der Waals surface area contributed by atoms with Crippen molar-refractivity contribution in [3.63, 3.8) is 0 Å². The minimum Gasteiger partial charge on any atom is -0.496 e. The van der Waals surface area contributed by atoms with E-state index in [4.69, 9.17) is 15.2 Å². The smallest absolute Gasteiger partial charge is 0.308 e. The molecule has 18 heavy (non-hydrogen) atoms. The van der Waals surface area contributed by atoms with Gasteiger partial charge in [-0.25, -0.2) is 0 Å². The van der Waals surface area contributed by atoms with Crippen molar-refractivity contribution >= 4 is 5.97 Å². The maximum atomic E-state index is 11.7. The van der Waals surface area contributed by atoms with Gasteiger partial charge in [-0.3, -0.25) is 4.79 Å². The molecule has 0 amide bonds. The van der Waals surface area contributed by atoms with E-state index in [9.17, 15) is 4.79 Å². The number of carbonyl (C=O) groups excluding carboxylic acids is 1. The van der Waals surface area contributed by atoms with Crippen molar-refractivity contribution in [1.82, 2.24) is 0 Å². The Labute approximate surface area is 108 Å². The van der Waals surface area contributed by atoms with E-state index in [0.29, 0.717) is 5.75 Å². The molecular formula is C14H21NO3. The van der Waals surface area contributed by atoms with Gasteiger partial charge >= 0.3 is 5.97 Å². The third-order valence-corrected chi connectivity index (χ3v) is 2.34. The average molecular weight is 251 g/mol. The molecule has 4 nitrogen and oxygen atoms in total. The Morgan fingerprint density at radius 2 is 1.94 bits per heavy atom. The average Bonchev–Trinajstić information content (AvgIpc) is 2.26. The van der Waals surface area contributed by atoms with E-state index < -0.39 is 11.6 Å². The minimum atomic E-state index is -0.489. The number of hydrogen-bond donors (Lipinski definition) is 1. The predicted molar refractivity (Wildman–Crippen MR) is 70.4 cm³/mol. The number of ether oxygens (including phenoxy) is 2. The summed E-state index contributed by atoms with van der Waals surface area (Å²) in [6, 6.07) is 6.99. The lowest BCUT2D eigenvalue weighted by atomic mass is 10.0. The molecule has 1 aromatic rings. The Bertz CT molecular complexity index is 410. The molecule has 1 atom stereocenters. The van der Waals surface area contributed by atoms with E-state index in [1.807, 2.05) is 45.0 Å². The standard InChI is InChI=1S/C14H21NO3/c1-14(2,3)18-13(16)9-11(15)10-7-5-6-8-12(10)17-4/h5-8,11H,9,15H2,1-4H3/t11-/m1/s1. The summed E-state index contributed by atoms with van der Waals surface area (Å²) in [5.41, 5.74) is 6.33. The first kappa shape index (κ1) is 14.5. The van der Waals surface area contributed by atoms with Gasteiger partial charge in [-0.1, -0.05) is 18.2 Å². The molecule has 4 heteroatoms. The SMILES string of the molecule is COc1ccccc1[C@H](N)CC(=O)OC(C)(C)C. The molecule has 0 bridgehead atoms. The molecule has 100 valence electrons. The van der Waals surface area contributed by atoms with Crippen LogP contribution in [0.1, 0.15) is 38.8 Å². The summed E-state index contributed by atoms with van der Waals surface area (Å²) in [6.45, 7) is 5.50. The first-order valence-corrected chi connectivity index (χ1v) is 5.94. The number of carbonyl (C=O) groups is 1. The zero-order chi connectivity index (χ0) is 13.8. The number of esters is 1. The van der Waals surface area contributed by atoms with Crippen LogP contribution in [0.4, 0.5) is 0 Å². The normalized spacial score (nSPS) is 12.9. The molecule has 0 aliphatic rings. The summed E-state index contributed by atoms with van der Waals surface area (Å²) in [5.74, 6) is 0.384. The predicted octanol–water partition coefficient (Wildman–Crippen LogP) is 2.43. The molecule has 0 saturated carbocycles. The van der Waals surface area contributed by atoms with Crippen LogP contribution in [0.5, 0.6) is 5.75 Å². The fourth-order valence-corrected chi connectivity index (χ4v) is 1.65. The van der Waals surface area contributed by atoms with Crippen LogP contribution < -0.4 is 10.5 Å². The summed E-state index contributed by atoms with van der Waals surface area (Å²) in [5, 5.41) is 0. The van der Waals surface area contributed by atoms with Crippen LogP contribution in [0.15, 0.2) is 24.3 Å². The first-order valence-electron chi connectivity index (χ1n) is 5.94. The highest BCUT2D eigenvalue weighted by atomic mass is 16.6. The van der Waals surface area contributed by atoms with Gasteiger partial charge in [0.25, 0.3) is 0 Å². The first-order chi connectivity index (χ1) is 8.33. The Morgan fingerprint density at radius 3 is 2.50 bits per heavy atom. The molecule has 0 aliphatic heterocycles. The van der Waals surface area contributed by atoms with Gasteiger partial charge in [-0.05, 0) is 26.8 Å². The Kier molecular flexibility index (Phi) is 4.73. The maximum absolute atomic E-state index is 11.7. The lowest BCUT2D eigenvalue weighted by molar-refractivity contribution is -0.155. The monoisotopic (exact) mass is 251 g/mol. The summed E-state index contributed by atoms with van der Waals surface area (Å²) < 4.78 is 10.5. The van der Waals surface area contributed by atoms with E-state index in [1.165, 1.54) is 0 Å². The number of benzene rings is 1. The molecule has 0 fully saturated rings. The highest BCUT2D eigenvalue weighted by Gasteiger charge is 2.20. The van der Waals surface area contributed by atoms with Crippen molar-refractivity contribution in [2.24, 2.45) is 5.73 Å². The van der Waals surface area contributed by atoms with Crippen molar-refractivity contribution in [3.8, 4) is 5.75 Å². The number of methoxy groups -OCH3 is 1. The molecule has 0 spiro atoms. The number of nitrogens with two attached hydrogens (primary N) is 1. The fraction of sp³-hybridized carbons (Fsp3) is 0.500. The highest BCUT2D eigenvalue weighted by Crippen LogP contribution is 2.25. The molecule has 0 aromatic heterocycles. The van der Waals surface area contributed by atoms with Gasteiger partial charge in [0.15, 0.2) is 0 Å². The van der Waals surface area contributed by atoms with Crippen molar-refractivity contribution in [3.05, 3.63) is 29.8 Å². The van der Waals surface area contributed by atoms with Crippen LogP contribution in [0, 0.1) is 0 Å². The second-order valence-electron chi connectivity index (χ2n) is 5.14. The van der Waals surface area contributed by atoms with E-state index >= 15 is 0 Å². The van der Waals surface area contributed by atoms with Crippen LogP contribution >= 0.6 is 0 Å². The van der Waals surface area contributed by atoms with Crippen molar-refractivity contribution in [2.45, 2.75) is 38.8 Å². The second kappa shape index (κ2) is 5.87. The fourth-order valence-electron chi connectivity index (χ4n) is 1.65. The largest absolute Gasteiger partial charge is 0.496 e. The maximum Gasteiger partial charge on any atom is 0.308 e. The molecule has 0 heterocycles. The van der Waals surface area contributed by atoms with Gasteiger partial charge < -0.3 is 15.2 Å². The summed E-state index contributed by atoms with van der Waals surface area (Å²) in [7, 11) is 1.58. The number of para-hydroxylation sites is 1. The van der Waals surface area contributed by atoms with Crippen molar-refractivity contribution in [1.29, 1.82) is 0 Å². The molecule has 0 radical (unpaired) electrons. The van der Waals surface area contributed by atoms with Gasteiger partial charge in [0.2, 0.25) is 0 Å². The molecule has 0 unspecified atom stereocenters. The zero-order valence-corrected chi connectivity index (χ0v) is 11.4. The minimum absolute atomic E-state index is 0.137. The molecule has 0 aliphatic carbocycles. The van der Waals surface area contributed by atoms with Crippen LogP contribution in [0.3, 0.4) is 0 Å². The van der Waals surface area contributed by atoms with Gasteiger partial charge in [-0.2, -0.15) is 0 Å². The van der Waals surface area contributed by atoms with E-state index in [-0.39, 0.29) is 12.4 Å². The van der Waals surface area contributed by atoms with Crippen LogP contribution in [0.2, 0.25) is 0 Å². The van der Waals surface area contributed by atoms with Crippen molar-refractivity contribution in [2.75, 3.05) is 7.11 Å². The lowest BCUT2D eigenvalue weighted by Gasteiger charge is -2.21. The van der Waals surface area contributed by atoms with Crippen LogP contribution in [-0.4, -0.2) is 18.7 Å². The van der Waals surface area contributed by atoms with Gasteiger partial charge in [0.05, 0.1) is 13.5 Å². The van der Waals surface area contributed by atoms with Gasteiger partial charge in [-0.15, -0.1) is 0 Å². The quantitative estimate of drug-likeness (QED) is 0.835. The lowest BCUT2D eigenvalue weighted by Crippen LogP contribution is -2.26. The van der Waals surface area contributed by atoms with E-state index in [0.717, 1.165) is 5.56 Å². The molecule has 2 N–H and O–H groups in total. The molecule has 1 rings (SSSR count). The Hall–Kier alpha value is -1.55. The second-order valence-corrected chi connectivity index (χ2v) is 5.14. The van der Waals surface area contributed by atoms with E-state index in [1.54, 1.807) is 7.11 Å². The molecule has 1 aromatic carbocycles. The van der Waals surface area contributed by atoms with Gasteiger partial charge in [0.1, 0.15) is 11.4 Å². The highest BCUT2D eigenvalue weighted by molar-refractivity contribution is 5.71. The Balaban J connectivity index is 2.70. The topological polar surface area (TPSA) is 61.5 Å². The molecular weight excluding hydrogens is 230 g/mol. The van der Waals surface area contributed by atoms with E-state index in [2.05, 4.69) is 0 Å². The number of hydrogen-bond acceptors (Lipinski definition) is 4. The number of rotatable bonds is 4. The summed E-state index contributed by atoms with van der Waals surface area (Å²) in [6.07, 6.45) is 0.137. The van der Waals surface area contributed by atoms with Gasteiger partial charge in [0, 0.05) is 11.6 Å². The Morgan fingerprint density at radius 1 is 1.33 bits per heavy atom. The zero-order valence-electron chi connectivity index (χ0n) is 11.4. The van der Waals surface area contributed by atoms with Crippen molar-refractivity contribution < 1.29 is 14.3 Å². The molecule has 0 saturated heterocycles. The third-order valence-electron chi connectivity index (χ3n) is 2.34. The summed E-state index contributed by atoms with van der Waals surface area (Å²) in [4.78, 5) is 11.7. The third kappa shape index (κ3) is 4.37. The summed E-state index contributed by atoms with van der Waals surface area (Å²) >= 11 is 0. The van der Waals surface area contributed by atoms with Crippen LogP contribution in [-0.2, 0) is 9.53 Å².